The van der Waals surface area contributed by atoms with E-state index in [1.807, 2.05) is 0 Å². The predicted octanol–water partition coefficient (Wildman–Crippen LogP) is 6.70. The molecule has 0 amide bonds. The van der Waals surface area contributed by atoms with Crippen molar-refractivity contribution in [2.24, 2.45) is 0 Å². The van der Waals surface area contributed by atoms with Gasteiger partial charge in [0.15, 0.2) is 0 Å². The molecule has 24 heavy (non-hydrogen) atoms. The van der Waals surface area contributed by atoms with Crippen molar-refractivity contribution in [2.45, 2.75) is 66.0 Å². The van der Waals surface area contributed by atoms with E-state index in [0.29, 0.717) is 0 Å². The molecule has 0 heterocycles. The number of hydrogen-bond donors (Lipinski definition) is 0. The van der Waals surface area contributed by atoms with Crippen LogP contribution in [0.3, 0.4) is 0 Å². The summed E-state index contributed by atoms with van der Waals surface area (Å²) in [6, 6.07) is 0. The Morgan fingerprint density at radius 1 is 0.792 bits per heavy atom. The first-order chi connectivity index (χ1) is 9.94. The fourth-order valence-corrected chi connectivity index (χ4v) is 4.34. The normalized spacial score (nSPS) is 14.9. The van der Waals surface area contributed by atoms with Crippen molar-refractivity contribution in [2.75, 3.05) is 0 Å². The maximum absolute atomic E-state index is 3.20. The van der Waals surface area contributed by atoms with Crippen LogP contribution in [0.2, 0.25) is 39.3 Å². The van der Waals surface area contributed by atoms with E-state index in [-0.39, 0.29) is 24.8 Å². The van der Waals surface area contributed by atoms with E-state index in [4.69, 9.17) is 0 Å². The summed E-state index contributed by atoms with van der Waals surface area (Å²) in [5.41, 5.74) is 0. The molecule has 0 atom stereocenters. The Bertz CT molecular complexity index is 446. The molecule has 0 radical (unpaired) electrons. The number of allylic oxidation sites excluding steroid dienone is 8. The molecule has 0 fully saturated rings. The average molecular weight is 481 g/mol. The third-order valence-electron chi connectivity index (χ3n) is 3.13. The van der Waals surface area contributed by atoms with E-state index in [2.05, 4.69) is 89.6 Å². The quantitative estimate of drug-likeness (QED) is 0.305. The van der Waals surface area contributed by atoms with Gasteiger partial charge in [-0.05, 0) is 16.1 Å². The van der Waals surface area contributed by atoms with Gasteiger partial charge in [0.05, 0.1) is 0 Å². The second kappa shape index (κ2) is 13.9. The van der Waals surface area contributed by atoms with Crippen LogP contribution in [-0.2, 0) is 24.2 Å². The van der Waals surface area contributed by atoms with Crippen LogP contribution in [0.1, 0.15) is 26.7 Å². The van der Waals surface area contributed by atoms with Crippen molar-refractivity contribution in [3.8, 4) is 0 Å². The molecule has 0 bridgehead atoms. The van der Waals surface area contributed by atoms with Crippen molar-refractivity contribution in [1.29, 1.82) is 0 Å². The van der Waals surface area contributed by atoms with Gasteiger partial charge < -0.3 is 0 Å². The van der Waals surface area contributed by atoms with Gasteiger partial charge >= 0.3 is 41.3 Å². The minimum atomic E-state index is -0.981. The van der Waals surface area contributed by atoms with Crippen molar-refractivity contribution >= 4 is 44.2 Å². The molecular formula is C19H34Cl2Si2Zr. The van der Waals surface area contributed by atoms with Crippen LogP contribution >= 0.6 is 24.8 Å². The molecule has 2 rings (SSSR count). The zero-order valence-electron chi connectivity index (χ0n) is 16.5. The fraction of sp³-hybridized carbons (Fsp3) is 0.526. The molecule has 0 aromatic rings. The molecular weight excluding hydrogens is 447 g/mol. The first kappa shape index (κ1) is 29.5. The van der Waals surface area contributed by atoms with Crippen LogP contribution in [-0.4, -0.2) is 19.4 Å². The van der Waals surface area contributed by atoms with E-state index in [9.17, 15) is 0 Å². The summed E-state index contributed by atoms with van der Waals surface area (Å²) in [6.07, 6.45) is 17.4. The third-order valence-corrected chi connectivity index (χ3v) is 7.29. The maximum atomic E-state index is 3.20. The maximum Gasteiger partial charge on any atom is -0.0114 e. The zero-order chi connectivity index (χ0) is 17.4. The van der Waals surface area contributed by atoms with E-state index < -0.39 is 16.1 Å². The van der Waals surface area contributed by atoms with Gasteiger partial charge in [-0.2, -0.15) is 12.2 Å². The van der Waals surface area contributed by atoms with Gasteiger partial charge in [0.25, 0.3) is 0 Å². The predicted molar refractivity (Wildman–Crippen MR) is 119 cm³/mol. The van der Waals surface area contributed by atoms with Crippen molar-refractivity contribution in [3.63, 3.8) is 0 Å². The molecule has 0 aromatic carbocycles. The van der Waals surface area contributed by atoms with Crippen molar-refractivity contribution in [3.05, 3.63) is 46.8 Å². The largest absolute Gasteiger partial charge is 0.273 e. The minimum Gasteiger partial charge on any atom is -0.273 e. The second-order valence-electron chi connectivity index (χ2n) is 7.92. The topological polar surface area (TPSA) is 0 Å². The molecule has 0 unspecified atom stereocenters. The molecule has 2 aliphatic rings. The van der Waals surface area contributed by atoms with Crippen LogP contribution in [0.15, 0.2) is 34.7 Å². The summed E-state index contributed by atoms with van der Waals surface area (Å²) in [5.74, 6) is 0. The first-order valence-corrected chi connectivity index (χ1v) is 16.2. The molecule has 0 saturated heterocycles. The molecule has 0 aromatic heterocycles. The van der Waals surface area contributed by atoms with E-state index in [1.54, 1.807) is 34.6 Å². The zero-order valence-corrected chi connectivity index (χ0v) is 22.6. The van der Waals surface area contributed by atoms with E-state index in [0.717, 1.165) is 12.8 Å². The number of rotatable bonds is 2. The summed E-state index contributed by atoms with van der Waals surface area (Å²) >= 11 is 1.55. The third kappa shape index (κ3) is 15.0. The van der Waals surface area contributed by atoms with Gasteiger partial charge in [0.2, 0.25) is 0 Å². The Labute approximate surface area is 180 Å². The Morgan fingerprint density at radius 3 is 1.12 bits per heavy atom. The summed E-state index contributed by atoms with van der Waals surface area (Å²) < 4.78 is 1.51. The Hall–Kier alpha value is 0.727. The van der Waals surface area contributed by atoms with Gasteiger partial charge in [-0.1, -0.05) is 39.3 Å². The van der Waals surface area contributed by atoms with Crippen LogP contribution < -0.4 is 0 Å². The van der Waals surface area contributed by atoms with E-state index in [1.165, 1.54) is 3.21 Å². The van der Waals surface area contributed by atoms with Crippen molar-refractivity contribution in [1.82, 2.24) is 0 Å². The van der Waals surface area contributed by atoms with Crippen molar-refractivity contribution < 1.29 is 24.2 Å². The fourth-order valence-electron chi connectivity index (χ4n) is 1.84. The monoisotopic (exact) mass is 478 g/mol. The van der Waals surface area contributed by atoms with Crippen LogP contribution in [0.5, 0.6) is 0 Å². The Balaban J connectivity index is -0.000000283. The Kier molecular flexibility index (Phi) is 17.0. The molecule has 136 valence electrons. The molecule has 0 N–H and O–H groups in total. The molecule has 0 aliphatic heterocycles. The minimum absolute atomic E-state index is 0. The molecule has 0 spiro atoms. The Morgan fingerprint density at radius 2 is 1.04 bits per heavy atom. The summed E-state index contributed by atoms with van der Waals surface area (Å²) in [4.78, 5) is 0. The molecule has 0 nitrogen and oxygen atoms in total. The number of hydrogen-bond acceptors (Lipinski definition) is 0. The smallest absolute Gasteiger partial charge is 0.0114 e. The molecule has 0 saturated carbocycles. The summed E-state index contributed by atoms with van der Waals surface area (Å²) in [7, 11) is -1.96. The first-order valence-electron chi connectivity index (χ1n) is 8.01. The molecule has 5 heteroatoms. The second-order valence-corrected chi connectivity index (χ2v) is 20.5. The number of halogens is 2. The van der Waals surface area contributed by atoms with Gasteiger partial charge in [-0.15, -0.1) is 37.7 Å². The summed E-state index contributed by atoms with van der Waals surface area (Å²) in [6.45, 7) is 18.4. The SMILES string of the molecule is C[C](C)=[Zr+2].C[Si](C)(C)C1=CC[C-]=C1.C[Si](C)(C)C1=CC[C-]=C1.Cl.Cl. The van der Waals surface area contributed by atoms with Gasteiger partial charge in [-0.3, -0.25) is 12.2 Å². The van der Waals surface area contributed by atoms with Crippen LogP contribution in [0.25, 0.3) is 0 Å². The van der Waals surface area contributed by atoms with Gasteiger partial charge in [-0.25, -0.2) is 22.5 Å². The summed E-state index contributed by atoms with van der Waals surface area (Å²) in [5, 5.41) is 3.12. The van der Waals surface area contributed by atoms with Crippen LogP contribution in [0, 0.1) is 12.2 Å². The average Bonchev–Trinajstić information content (AvgIpc) is 3.02. The van der Waals surface area contributed by atoms with E-state index >= 15 is 0 Å². The van der Waals surface area contributed by atoms with Crippen LogP contribution in [0.4, 0.5) is 0 Å². The molecule has 2 aliphatic carbocycles. The van der Waals surface area contributed by atoms with Gasteiger partial charge in [0.1, 0.15) is 0 Å². The van der Waals surface area contributed by atoms with Gasteiger partial charge in [0, 0.05) is 0 Å². The standard InChI is InChI=1S/2C8H13Si.C3H6.2ClH.Zr/c2*1-9(2,3)8-6-4-5-7-8;1-3-2;;;/h2*6-7H,4H2,1-3H3;1-2H3;2*1H;/q2*-1;;;;+2.